The van der Waals surface area contributed by atoms with Gasteiger partial charge in [-0.05, 0) is 64.2 Å². The SMILES string of the molecule is c1ccc(C2=NC(c3ccccc3)NC(c3cccc(-c4cccc5oc6c(-n7c8ccccc8c8cc(-c9ccccc9)ccc87)cccc6c45)c3)=N2)cc1. The Balaban J connectivity index is 1.05. The van der Waals surface area contributed by atoms with E-state index < -0.39 is 0 Å². The lowest BCUT2D eigenvalue weighted by atomic mass is 9.97. The molecule has 0 saturated heterocycles. The van der Waals surface area contributed by atoms with E-state index in [-0.39, 0.29) is 6.17 Å². The minimum atomic E-state index is -0.270. The lowest BCUT2D eigenvalue weighted by Crippen LogP contribution is -2.33. The highest BCUT2D eigenvalue weighted by Crippen LogP contribution is 2.42. The van der Waals surface area contributed by atoms with Gasteiger partial charge in [0.15, 0.2) is 11.4 Å². The summed E-state index contributed by atoms with van der Waals surface area (Å²) in [5.41, 5.74) is 12.6. The molecule has 8 aromatic carbocycles. The van der Waals surface area contributed by atoms with E-state index in [9.17, 15) is 0 Å². The average molecular weight is 719 g/mol. The summed E-state index contributed by atoms with van der Waals surface area (Å²) < 4.78 is 9.21. The van der Waals surface area contributed by atoms with Gasteiger partial charge in [0.1, 0.15) is 17.6 Å². The molecule has 0 fully saturated rings. The molecule has 264 valence electrons. The van der Waals surface area contributed by atoms with Gasteiger partial charge in [-0.15, -0.1) is 0 Å². The largest absolute Gasteiger partial charge is 0.454 e. The Labute approximate surface area is 323 Å². The van der Waals surface area contributed by atoms with Gasteiger partial charge in [-0.25, -0.2) is 9.98 Å². The zero-order valence-electron chi connectivity index (χ0n) is 30.3. The highest BCUT2D eigenvalue weighted by molar-refractivity contribution is 6.17. The van der Waals surface area contributed by atoms with Gasteiger partial charge in [0, 0.05) is 32.7 Å². The van der Waals surface area contributed by atoms with E-state index in [0.717, 1.165) is 72.3 Å². The number of rotatable bonds is 6. The predicted octanol–water partition coefficient (Wildman–Crippen LogP) is 12.5. The second-order valence-corrected chi connectivity index (χ2v) is 14.2. The molecule has 0 aliphatic carbocycles. The molecule has 2 aromatic heterocycles. The van der Waals surface area contributed by atoms with Crippen LogP contribution in [0.3, 0.4) is 0 Å². The van der Waals surface area contributed by atoms with Crippen LogP contribution in [-0.4, -0.2) is 16.2 Å². The van der Waals surface area contributed by atoms with Crippen LogP contribution in [0, 0.1) is 0 Å². The Morgan fingerprint density at radius 1 is 0.482 bits per heavy atom. The van der Waals surface area contributed by atoms with Crippen molar-refractivity contribution in [2.24, 2.45) is 9.98 Å². The van der Waals surface area contributed by atoms with Crippen molar-refractivity contribution in [3.05, 3.63) is 211 Å². The highest BCUT2D eigenvalue weighted by Gasteiger charge is 2.23. The fraction of sp³-hybridized carbons (Fsp3) is 0.0196. The third-order valence-electron chi connectivity index (χ3n) is 10.9. The van der Waals surface area contributed by atoms with E-state index in [4.69, 9.17) is 14.4 Å². The number of amidine groups is 2. The van der Waals surface area contributed by atoms with Gasteiger partial charge < -0.3 is 14.3 Å². The zero-order valence-corrected chi connectivity index (χ0v) is 30.3. The quantitative estimate of drug-likeness (QED) is 0.186. The topological polar surface area (TPSA) is 54.8 Å². The monoisotopic (exact) mass is 718 g/mol. The fourth-order valence-corrected chi connectivity index (χ4v) is 8.24. The number of benzene rings is 8. The van der Waals surface area contributed by atoms with Crippen LogP contribution in [0.1, 0.15) is 22.9 Å². The molecule has 1 aliphatic rings. The van der Waals surface area contributed by atoms with Crippen molar-refractivity contribution in [3.63, 3.8) is 0 Å². The highest BCUT2D eigenvalue weighted by atomic mass is 16.3. The maximum absolute atomic E-state index is 6.86. The first-order valence-electron chi connectivity index (χ1n) is 18.9. The number of furan rings is 1. The van der Waals surface area contributed by atoms with Crippen LogP contribution < -0.4 is 5.32 Å². The van der Waals surface area contributed by atoms with Gasteiger partial charge in [0.05, 0.1) is 16.7 Å². The van der Waals surface area contributed by atoms with E-state index in [1.807, 2.05) is 36.4 Å². The van der Waals surface area contributed by atoms with Crippen molar-refractivity contribution in [2.45, 2.75) is 6.17 Å². The molecule has 1 unspecified atom stereocenters. The van der Waals surface area contributed by atoms with Crippen LogP contribution in [0.2, 0.25) is 0 Å². The molecule has 0 spiro atoms. The van der Waals surface area contributed by atoms with Gasteiger partial charge in [-0.1, -0.05) is 158 Å². The minimum absolute atomic E-state index is 0.270. The molecule has 1 atom stereocenters. The van der Waals surface area contributed by atoms with E-state index in [1.165, 1.54) is 21.9 Å². The number of nitrogens with one attached hydrogen (secondary N) is 1. The molecule has 10 aromatic rings. The van der Waals surface area contributed by atoms with Crippen LogP contribution in [-0.2, 0) is 0 Å². The standard InChI is InChI=1S/C51H34N4O/c1-4-15-33(16-5-1)36-29-30-44-42(32-36)40-23-10-11-26-43(40)55(44)45-27-13-25-41-47-39(24-14-28-46(47)56-48(41)45)37-21-12-22-38(31-37)51-53-49(34-17-6-2-7-18-34)52-50(54-51)35-19-8-3-9-20-35/h1-32,49H,(H,52,53,54). The summed E-state index contributed by atoms with van der Waals surface area (Å²) >= 11 is 0. The maximum atomic E-state index is 6.86. The summed E-state index contributed by atoms with van der Waals surface area (Å²) in [6.45, 7) is 0. The normalized spacial score (nSPS) is 14.2. The van der Waals surface area contributed by atoms with Crippen molar-refractivity contribution in [1.29, 1.82) is 0 Å². The van der Waals surface area contributed by atoms with Gasteiger partial charge in [0.2, 0.25) is 0 Å². The van der Waals surface area contributed by atoms with E-state index in [2.05, 4.69) is 168 Å². The van der Waals surface area contributed by atoms with Crippen LogP contribution in [0.5, 0.6) is 0 Å². The van der Waals surface area contributed by atoms with Gasteiger partial charge >= 0.3 is 0 Å². The van der Waals surface area contributed by atoms with Gasteiger partial charge in [0.25, 0.3) is 0 Å². The van der Waals surface area contributed by atoms with Crippen molar-refractivity contribution in [3.8, 4) is 27.9 Å². The Bertz CT molecular complexity index is 3160. The van der Waals surface area contributed by atoms with Crippen LogP contribution >= 0.6 is 0 Å². The first-order chi connectivity index (χ1) is 27.8. The summed E-state index contributed by atoms with van der Waals surface area (Å²) in [5, 5.41) is 8.21. The molecule has 3 heterocycles. The van der Waals surface area contributed by atoms with Crippen molar-refractivity contribution < 1.29 is 4.42 Å². The number of hydrogen-bond donors (Lipinski definition) is 1. The molecule has 56 heavy (non-hydrogen) atoms. The lowest BCUT2D eigenvalue weighted by molar-refractivity contribution is 0.666. The minimum Gasteiger partial charge on any atom is -0.454 e. The first-order valence-corrected chi connectivity index (χ1v) is 18.9. The summed E-state index contributed by atoms with van der Waals surface area (Å²) in [6, 6.07) is 68.0. The molecule has 0 bridgehead atoms. The maximum Gasteiger partial charge on any atom is 0.159 e. The molecule has 0 radical (unpaired) electrons. The Morgan fingerprint density at radius 2 is 1.14 bits per heavy atom. The van der Waals surface area contributed by atoms with E-state index >= 15 is 0 Å². The number of para-hydroxylation sites is 2. The molecule has 0 saturated carbocycles. The predicted molar refractivity (Wildman–Crippen MR) is 231 cm³/mol. The first kappa shape index (κ1) is 32.0. The van der Waals surface area contributed by atoms with Crippen molar-refractivity contribution in [1.82, 2.24) is 9.88 Å². The third-order valence-corrected chi connectivity index (χ3v) is 10.9. The molecule has 5 heteroatoms. The smallest absolute Gasteiger partial charge is 0.159 e. The van der Waals surface area contributed by atoms with Gasteiger partial charge in [-0.2, -0.15) is 0 Å². The Kier molecular flexibility index (Phi) is 7.49. The van der Waals surface area contributed by atoms with E-state index in [1.54, 1.807) is 0 Å². The number of fused-ring (bicyclic) bond motifs is 6. The number of nitrogens with zero attached hydrogens (tertiary/aromatic N) is 3. The lowest BCUT2D eigenvalue weighted by Gasteiger charge is -2.24. The van der Waals surface area contributed by atoms with Crippen LogP contribution in [0.15, 0.2) is 209 Å². The number of hydrogen-bond acceptors (Lipinski definition) is 4. The molecule has 0 amide bonds. The summed E-state index contributed by atoms with van der Waals surface area (Å²) in [4.78, 5) is 10.1. The number of aromatic nitrogens is 1. The summed E-state index contributed by atoms with van der Waals surface area (Å²) in [7, 11) is 0. The molecular weight excluding hydrogens is 685 g/mol. The second kappa shape index (κ2) is 13.1. The number of aliphatic imine (C=N–C) groups is 2. The van der Waals surface area contributed by atoms with Crippen LogP contribution in [0.25, 0.3) is 71.7 Å². The second-order valence-electron chi connectivity index (χ2n) is 14.2. The van der Waals surface area contributed by atoms with Crippen molar-refractivity contribution >= 4 is 55.4 Å². The van der Waals surface area contributed by atoms with Crippen LogP contribution in [0.4, 0.5) is 0 Å². The molecule has 5 nitrogen and oxygen atoms in total. The zero-order chi connectivity index (χ0) is 37.0. The molecular formula is C51H34N4O. The molecule has 11 rings (SSSR count). The van der Waals surface area contributed by atoms with Crippen molar-refractivity contribution in [2.75, 3.05) is 0 Å². The fourth-order valence-electron chi connectivity index (χ4n) is 8.24. The Morgan fingerprint density at radius 3 is 1.98 bits per heavy atom. The molecule has 1 aliphatic heterocycles. The third kappa shape index (κ3) is 5.32. The summed E-state index contributed by atoms with van der Waals surface area (Å²) in [6.07, 6.45) is -0.270. The van der Waals surface area contributed by atoms with Gasteiger partial charge in [-0.3, -0.25) is 0 Å². The van der Waals surface area contributed by atoms with E-state index in [0.29, 0.717) is 5.84 Å². The summed E-state index contributed by atoms with van der Waals surface area (Å²) in [5.74, 6) is 1.48. The Hall–Kier alpha value is -7.50. The average Bonchev–Trinajstić information content (AvgIpc) is 3.83. The molecule has 1 N–H and O–H groups in total.